The molecule has 0 atom stereocenters. The average molecular weight is 275 g/mol. The van der Waals surface area contributed by atoms with Gasteiger partial charge in [0.2, 0.25) is 0 Å². The Morgan fingerprint density at radius 2 is 2.44 bits per heavy atom. The van der Waals surface area contributed by atoms with Crippen molar-refractivity contribution in [3.63, 3.8) is 0 Å². The van der Waals surface area contributed by atoms with Crippen molar-refractivity contribution >= 4 is 34.7 Å². The van der Waals surface area contributed by atoms with Gasteiger partial charge in [0, 0.05) is 23.7 Å². The van der Waals surface area contributed by atoms with Gasteiger partial charge in [-0.25, -0.2) is 4.98 Å². The molecule has 0 unspecified atom stereocenters. The number of H-pyrrole nitrogens is 1. The fourth-order valence-electron chi connectivity index (χ4n) is 1.14. The third-order valence-corrected chi connectivity index (χ3v) is 3.95. The van der Waals surface area contributed by atoms with E-state index in [2.05, 4.69) is 20.5 Å². The fourth-order valence-corrected chi connectivity index (χ4v) is 2.88. The Bertz CT molecular complexity index is 415. The molecular weight excluding hydrogens is 264 g/mol. The lowest BCUT2D eigenvalue weighted by Crippen LogP contribution is -2.15. The van der Waals surface area contributed by atoms with Gasteiger partial charge in [-0.1, -0.05) is 23.4 Å². The number of halogens is 1. The molecule has 2 N–H and O–H groups in total. The number of hydrogen-bond donors (Lipinski definition) is 2. The van der Waals surface area contributed by atoms with Crippen LogP contribution in [0, 0.1) is 0 Å². The summed E-state index contributed by atoms with van der Waals surface area (Å²) in [5, 5.41) is 10.8. The summed E-state index contributed by atoms with van der Waals surface area (Å²) in [4.78, 5) is 5.29. The van der Waals surface area contributed by atoms with E-state index in [9.17, 15) is 0 Å². The zero-order valence-corrected chi connectivity index (χ0v) is 10.8. The molecule has 4 nitrogen and oxygen atoms in total. The summed E-state index contributed by atoms with van der Waals surface area (Å²) in [6.07, 6.45) is 1.52. The normalized spacial score (nSPS) is 10.8. The van der Waals surface area contributed by atoms with E-state index >= 15 is 0 Å². The largest absolute Gasteiger partial charge is 0.311 e. The Hall–Kier alpha value is -0.560. The lowest BCUT2D eigenvalue weighted by Gasteiger charge is -2.00. The van der Waals surface area contributed by atoms with Crippen molar-refractivity contribution in [3.05, 3.63) is 27.7 Å². The lowest BCUT2D eigenvalue weighted by molar-refractivity contribution is 0.740. The molecule has 0 fully saturated rings. The molecule has 0 radical (unpaired) electrons. The first-order chi connectivity index (χ1) is 7.84. The van der Waals surface area contributed by atoms with Crippen molar-refractivity contribution < 1.29 is 0 Å². The molecule has 0 aliphatic heterocycles. The maximum atomic E-state index is 5.84. The van der Waals surface area contributed by atoms with E-state index in [-0.39, 0.29) is 0 Å². The molecule has 0 amide bonds. The van der Waals surface area contributed by atoms with E-state index in [1.807, 2.05) is 12.1 Å². The van der Waals surface area contributed by atoms with Gasteiger partial charge in [0.05, 0.1) is 4.34 Å². The Balaban J connectivity index is 1.59. The van der Waals surface area contributed by atoms with Gasteiger partial charge >= 0.3 is 0 Å². The van der Waals surface area contributed by atoms with Crippen molar-refractivity contribution in [1.29, 1.82) is 0 Å². The standard InChI is InChI=1S/C9H11ClN4S2/c10-8-2-1-7(16-8)5-11-3-4-15-9-12-6-13-14-9/h1-2,6,11H,3-5H2,(H,12,13,14). The predicted molar refractivity (Wildman–Crippen MR) is 68.1 cm³/mol. The SMILES string of the molecule is Clc1ccc(CNCCSc2ncn[nH]2)s1. The predicted octanol–water partition coefficient (Wildman–Crippen LogP) is 2.40. The highest BCUT2D eigenvalue weighted by Gasteiger charge is 1.98. The van der Waals surface area contributed by atoms with Gasteiger partial charge in [-0.3, -0.25) is 5.10 Å². The number of hydrogen-bond acceptors (Lipinski definition) is 5. The number of rotatable bonds is 6. The van der Waals surface area contributed by atoms with E-state index in [0.717, 1.165) is 28.3 Å². The van der Waals surface area contributed by atoms with Crippen molar-refractivity contribution in [2.75, 3.05) is 12.3 Å². The second-order valence-corrected chi connectivity index (χ2v) is 5.90. The van der Waals surface area contributed by atoms with Crippen LogP contribution in [0.2, 0.25) is 4.34 Å². The molecule has 0 aromatic carbocycles. The topological polar surface area (TPSA) is 53.6 Å². The number of nitrogens with one attached hydrogen (secondary N) is 2. The fraction of sp³-hybridized carbons (Fsp3) is 0.333. The van der Waals surface area contributed by atoms with E-state index in [0.29, 0.717) is 0 Å². The summed E-state index contributed by atoms with van der Waals surface area (Å²) in [7, 11) is 0. The Morgan fingerprint density at radius 1 is 1.50 bits per heavy atom. The van der Waals surface area contributed by atoms with Crippen LogP contribution in [0.3, 0.4) is 0 Å². The number of aromatic nitrogens is 3. The molecule has 16 heavy (non-hydrogen) atoms. The van der Waals surface area contributed by atoms with Crippen molar-refractivity contribution in [1.82, 2.24) is 20.5 Å². The third-order valence-electron chi connectivity index (χ3n) is 1.84. The second kappa shape index (κ2) is 6.24. The molecule has 2 aromatic rings. The third kappa shape index (κ3) is 3.79. The van der Waals surface area contributed by atoms with Gasteiger partial charge in [-0.2, -0.15) is 5.10 Å². The van der Waals surface area contributed by atoms with Gasteiger partial charge in [-0.05, 0) is 12.1 Å². The minimum Gasteiger partial charge on any atom is -0.311 e. The highest BCUT2D eigenvalue weighted by atomic mass is 35.5. The smallest absolute Gasteiger partial charge is 0.183 e. The molecule has 86 valence electrons. The molecule has 7 heteroatoms. The Labute approximate surface area is 107 Å². The van der Waals surface area contributed by atoms with Crippen molar-refractivity contribution in [2.24, 2.45) is 0 Å². The lowest BCUT2D eigenvalue weighted by atomic mass is 10.4. The molecule has 0 aliphatic rings. The van der Waals surface area contributed by atoms with E-state index < -0.39 is 0 Å². The first kappa shape index (κ1) is 11.9. The highest BCUT2D eigenvalue weighted by molar-refractivity contribution is 7.99. The summed E-state index contributed by atoms with van der Waals surface area (Å²) in [6, 6.07) is 3.97. The van der Waals surface area contributed by atoms with Crippen molar-refractivity contribution in [2.45, 2.75) is 11.7 Å². The molecule has 2 heterocycles. The zero-order chi connectivity index (χ0) is 11.2. The zero-order valence-electron chi connectivity index (χ0n) is 8.44. The van der Waals surface area contributed by atoms with Crippen LogP contribution in [0.1, 0.15) is 4.88 Å². The molecule has 0 aliphatic carbocycles. The van der Waals surface area contributed by atoms with Crippen LogP contribution in [-0.2, 0) is 6.54 Å². The van der Waals surface area contributed by atoms with Crippen LogP contribution in [0.15, 0.2) is 23.6 Å². The average Bonchev–Trinajstić information content (AvgIpc) is 2.89. The second-order valence-electron chi connectivity index (χ2n) is 3.02. The Morgan fingerprint density at radius 3 is 3.12 bits per heavy atom. The van der Waals surface area contributed by atoms with E-state index in [4.69, 9.17) is 11.6 Å². The van der Waals surface area contributed by atoms with Gasteiger partial charge < -0.3 is 5.32 Å². The number of aromatic amines is 1. The molecule has 0 saturated heterocycles. The molecular formula is C9H11ClN4S2. The first-order valence-corrected chi connectivity index (χ1v) is 6.96. The van der Waals surface area contributed by atoms with Crippen molar-refractivity contribution in [3.8, 4) is 0 Å². The van der Waals surface area contributed by atoms with Gasteiger partial charge in [0.25, 0.3) is 0 Å². The van der Waals surface area contributed by atoms with Crippen LogP contribution in [0.4, 0.5) is 0 Å². The number of nitrogens with zero attached hydrogens (tertiary/aromatic N) is 2. The van der Waals surface area contributed by atoms with Gasteiger partial charge in [0.15, 0.2) is 5.16 Å². The minimum absolute atomic E-state index is 0.841. The van der Waals surface area contributed by atoms with Crippen LogP contribution < -0.4 is 5.32 Å². The molecule has 0 bridgehead atoms. The Kier molecular flexibility index (Phi) is 4.65. The van der Waals surface area contributed by atoms with Crippen LogP contribution in [0.5, 0.6) is 0 Å². The molecule has 2 aromatic heterocycles. The summed E-state index contributed by atoms with van der Waals surface area (Å²) < 4.78 is 0.841. The maximum absolute atomic E-state index is 5.84. The summed E-state index contributed by atoms with van der Waals surface area (Å²) in [5.74, 6) is 0.967. The quantitative estimate of drug-likeness (QED) is 0.627. The number of thiophene rings is 1. The molecule has 0 saturated carbocycles. The number of thioether (sulfide) groups is 1. The minimum atomic E-state index is 0.841. The first-order valence-electron chi connectivity index (χ1n) is 4.77. The van der Waals surface area contributed by atoms with Gasteiger partial charge in [0.1, 0.15) is 6.33 Å². The summed E-state index contributed by atoms with van der Waals surface area (Å²) in [6.45, 7) is 1.80. The monoisotopic (exact) mass is 274 g/mol. The van der Waals surface area contributed by atoms with Crippen LogP contribution >= 0.6 is 34.7 Å². The molecule has 0 spiro atoms. The summed E-state index contributed by atoms with van der Waals surface area (Å²) >= 11 is 9.10. The van der Waals surface area contributed by atoms with Crippen LogP contribution in [-0.4, -0.2) is 27.5 Å². The van der Waals surface area contributed by atoms with Crippen LogP contribution in [0.25, 0.3) is 0 Å². The summed E-state index contributed by atoms with van der Waals surface area (Å²) in [5.41, 5.74) is 0. The van der Waals surface area contributed by atoms with Gasteiger partial charge in [-0.15, -0.1) is 11.3 Å². The highest BCUT2D eigenvalue weighted by Crippen LogP contribution is 2.20. The van der Waals surface area contributed by atoms with E-state index in [1.54, 1.807) is 23.1 Å². The maximum Gasteiger partial charge on any atom is 0.183 e. The van der Waals surface area contributed by atoms with E-state index in [1.165, 1.54) is 11.2 Å². The molecule has 2 rings (SSSR count).